The molecule has 1 aromatic heterocycles. The van der Waals surface area contributed by atoms with Crippen molar-refractivity contribution in [3.8, 4) is 0 Å². The molecule has 2 amide bonds. The first kappa shape index (κ1) is 56.1. The van der Waals surface area contributed by atoms with Crippen LogP contribution in [-0.2, 0) is 46.4 Å². The number of hydrogen-bond acceptors (Lipinski definition) is 10. The Morgan fingerprint density at radius 2 is 1.14 bits per heavy atom. The molecule has 12 heteroatoms. The summed E-state index contributed by atoms with van der Waals surface area (Å²) in [5, 5.41) is 3.43. The highest BCUT2D eigenvalue weighted by atomic mass is 32.1. The van der Waals surface area contributed by atoms with Crippen LogP contribution in [0.1, 0.15) is 234 Å². The highest BCUT2D eigenvalue weighted by molar-refractivity contribution is 7.17. The monoisotopic (exact) mass is 904 g/mol. The number of nitrogens with zero attached hydrogens (tertiary/aromatic N) is 2. The number of esters is 3. The molecule has 63 heavy (non-hydrogen) atoms. The Kier molecular flexibility index (Phi) is 32.3. The van der Waals surface area contributed by atoms with E-state index in [9.17, 15) is 24.0 Å². The number of hydrogen-bond donors (Lipinski definition) is 1. The van der Waals surface area contributed by atoms with Gasteiger partial charge in [-0.25, -0.2) is 4.79 Å². The molecule has 1 aliphatic rings. The molecular formula is C51H89N3O8S. The van der Waals surface area contributed by atoms with Crippen molar-refractivity contribution in [3.05, 3.63) is 16.0 Å². The lowest BCUT2D eigenvalue weighted by atomic mass is 10.0. The van der Waals surface area contributed by atoms with E-state index >= 15 is 0 Å². The second-order valence-corrected chi connectivity index (χ2v) is 19.2. The van der Waals surface area contributed by atoms with Crippen molar-refractivity contribution in [1.29, 1.82) is 0 Å². The van der Waals surface area contributed by atoms with Gasteiger partial charge in [0.1, 0.15) is 11.1 Å². The minimum atomic E-state index is -0.460. The Morgan fingerprint density at radius 3 is 1.76 bits per heavy atom. The Hall–Kier alpha value is -2.99. The molecule has 0 saturated heterocycles. The van der Waals surface area contributed by atoms with Crippen molar-refractivity contribution in [2.45, 2.75) is 232 Å². The van der Waals surface area contributed by atoms with Crippen LogP contribution in [0, 0.1) is 0 Å². The normalized spacial score (nSPS) is 12.9. The molecule has 0 bridgehead atoms. The smallest absolute Gasteiger partial charge is 0.341 e. The van der Waals surface area contributed by atoms with Gasteiger partial charge in [-0.15, -0.1) is 11.3 Å². The van der Waals surface area contributed by atoms with E-state index in [1.54, 1.807) is 0 Å². The SMILES string of the molecule is CCCCCCCCCCCOC(=O)CCCCC(=O)Nc1sc2c(c1C(=O)OCCCN(C)C)CCN(C(=O)CCCCC(=O)OC(CCCCCC)CCCCCCCC)C2. The van der Waals surface area contributed by atoms with Crippen molar-refractivity contribution in [2.24, 2.45) is 0 Å². The van der Waals surface area contributed by atoms with Crippen molar-refractivity contribution in [1.82, 2.24) is 9.80 Å². The molecule has 11 nitrogen and oxygen atoms in total. The molecule has 1 N–H and O–H groups in total. The lowest BCUT2D eigenvalue weighted by molar-refractivity contribution is -0.150. The third-order valence-electron chi connectivity index (χ3n) is 12.0. The standard InChI is InChI=1S/C51H89N3O8S/c1-6-9-12-15-17-18-19-21-28-39-60-47(57)34-26-24-32-45(55)52-50-49(51(59)61-40-29-37-53(4)5)43-36-38-54(41-44(43)63-50)46(56)33-25-27-35-48(58)62-42(30-22-14-11-8-3)31-23-20-16-13-10-7-2/h42H,6-41H2,1-5H3,(H,52,55). The Morgan fingerprint density at radius 1 is 0.619 bits per heavy atom. The van der Waals surface area contributed by atoms with Crippen molar-refractivity contribution in [2.75, 3.05) is 45.7 Å². The van der Waals surface area contributed by atoms with E-state index in [0.717, 1.165) is 55.5 Å². The first-order chi connectivity index (χ1) is 30.6. The zero-order valence-corrected chi connectivity index (χ0v) is 41.4. The number of rotatable bonds is 39. The molecule has 1 unspecified atom stereocenters. The lowest BCUT2D eigenvalue weighted by Crippen LogP contribution is -2.35. The van der Waals surface area contributed by atoms with Crippen molar-refractivity contribution in [3.63, 3.8) is 0 Å². The minimum Gasteiger partial charge on any atom is -0.466 e. The molecule has 362 valence electrons. The maximum Gasteiger partial charge on any atom is 0.341 e. The second-order valence-electron chi connectivity index (χ2n) is 18.1. The zero-order chi connectivity index (χ0) is 45.9. The van der Waals surface area contributed by atoms with Crippen LogP contribution in [0.4, 0.5) is 5.00 Å². The zero-order valence-electron chi connectivity index (χ0n) is 40.6. The lowest BCUT2D eigenvalue weighted by Gasteiger charge is -2.27. The molecular weight excluding hydrogens is 815 g/mol. The molecule has 0 spiro atoms. The third kappa shape index (κ3) is 26.5. The predicted molar refractivity (Wildman–Crippen MR) is 257 cm³/mol. The fourth-order valence-corrected chi connectivity index (χ4v) is 9.38. The van der Waals surface area contributed by atoms with Crippen LogP contribution in [0.3, 0.4) is 0 Å². The molecule has 0 aliphatic carbocycles. The average Bonchev–Trinajstić information content (AvgIpc) is 3.62. The van der Waals surface area contributed by atoms with Gasteiger partial charge in [-0.05, 0) is 90.3 Å². The topological polar surface area (TPSA) is 132 Å². The van der Waals surface area contributed by atoms with Crippen LogP contribution in [0.25, 0.3) is 0 Å². The Bertz CT molecular complexity index is 1410. The van der Waals surface area contributed by atoms with Gasteiger partial charge in [-0.2, -0.15) is 0 Å². The van der Waals surface area contributed by atoms with Gasteiger partial charge >= 0.3 is 17.9 Å². The predicted octanol–water partition coefficient (Wildman–Crippen LogP) is 12.5. The van der Waals surface area contributed by atoms with E-state index < -0.39 is 5.97 Å². The van der Waals surface area contributed by atoms with E-state index in [4.69, 9.17) is 14.2 Å². The minimum absolute atomic E-state index is 0.0138. The van der Waals surface area contributed by atoms with Crippen LogP contribution in [0.15, 0.2) is 0 Å². The summed E-state index contributed by atoms with van der Waals surface area (Å²) in [5.74, 6) is -1.05. The van der Waals surface area contributed by atoms with Gasteiger partial charge in [-0.3, -0.25) is 19.2 Å². The van der Waals surface area contributed by atoms with E-state index in [1.165, 1.54) is 108 Å². The van der Waals surface area contributed by atoms with Crippen molar-refractivity contribution < 1.29 is 38.2 Å². The average molecular weight is 904 g/mol. The largest absolute Gasteiger partial charge is 0.466 e. The highest BCUT2D eigenvalue weighted by Gasteiger charge is 2.31. The molecule has 1 aromatic rings. The molecule has 0 saturated carbocycles. The number of amides is 2. The number of carbonyl (C=O) groups is 5. The summed E-state index contributed by atoms with van der Waals surface area (Å²) in [5.41, 5.74) is 1.22. The van der Waals surface area contributed by atoms with Gasteiger partial charge < -0.3 is 29.3 Å². The van der Waals surface area contributed by atoms with Crippen LogP contribution < -0.4 is 5.32 Å². The molecule has 0 fully saturated rings. The van der Waals surface area contributed by atoms with Gasteiger partial charge in [0.25, 0.3) is 0 Å². The fourth-order valence-electron chi connectivity index (χ4n) is 8.11. The van der Waals surface area contributed by atoms with Gasteiger partial charge in [0.05, 0.1) is 25.3 Å². The number of unbranched alkanes of at least 4 members (excludes halogenated alkanes) is 18. The quantitative estimate of drug-likeness (QED) is 0.0390. The maximum absolute atomic E-state index is 13.5. The Labute approximate surface area is 386 Å². The fraction of sp³-hybridized carbons (Fsp3) is 0.824. The van der Waals surface area contributed by atoms with Crippen LogP contribution in [0.5, 0.6) is 0 Å². The van der Waals surface area contributed by atoms with E-state index in [-0.39, 0.29) is 49.3 Å². The molecule has 2 rings (SSSR count). The Balaban J connectivity index is 1.85. The van der Waals surface area contributed by atoms with Gasteiger partial charge in [0.2, 0.25) is 11.8 Å². The van der Waals surface area contributed by atoms with Crippen LogP contribution >= 0.6 is 11.3 Å². The number of fused-ring (bicyclic) bond motifs is 1. The highest BCUT2D eigenvalue weighted by Crippen LogP contribution is 2.38. The third-order valence-corrected chi connectivity index (χ3v) is 13.1. The van der Waals surface area contributed by atoms with E-state index in [2.05, 4.69) is 26.1 Å². The number of carbonyl (C=O) groups excluding carboxylic acids is 5. The van der Waals surface area contributed by atoms with Gasteiger partial charge in [0.15, 0.2) is 0 Å². The first-order valence-electron chi connectivity index (χ1n) is 25.5. The number of anilines is 1. The molecule has 0 radical (unpaired) electrons. The molecule has 1 atom stereocenters. The van der Waals surface area contributed by atoms with E-state index in [0.29, 0.717) is 81.6 Å². The van der Waals surface area contributed by atoms with Crippen molar-refractivity contribution >= 4 is 46.1 Å². The molecule has 1 aliphatic heterocycles. The number of thiophene rings is 1. The maximum atomic E-state index is 13.5. The molecule has 2 heterocycles. The summed E-state index contributed by atoms with van der Waals surface area (Å²) in [7, 11) is 3.94. The van der Waals surface area contributed by atoms with E-state index in [1.807, 2.05) is 23.9 Å². The van der Waals surface area contributed by atoms with Crippen LogP contribution in [0.2, 0.25) is 0 Å². The number of ether oxygens (including phenoxy) is 3. The summed E-state index contributed by atoms with van der Waals surface area (Å²) < 4.78 is 17.1. The number of nitrogens with one attached hydrogen (secondary N) is 1. The van der Waals surface area contributed by atoms with Gasteiger partial charge in [-0.1, -0.05) is 124 Å². The summed E-state index contributed by atoms with van der Waals surface area (Å²) in [6.45, 7) is 8.98. The van der Waals surface area contributed by atoms with Gasteiger partial charge in [0, 0.05) is 43.6 Å². The summed E-state index contributed by atoms with van der Waals surface area (Å²) >= 11 is 1.33. The first-order valence-corrected chi connectivity index (χ1v) is 26.3. The summed E-state index contributed by atoms with van der Waals surface area (Å²) in [6.07, 6.45) is 29.3. The molecule has 0 aromatic carbocycles. The summed E-state index contributed by atoms with van der Waals surface area (Å²) in [4.78, 5) is 70.0. The van der Waals surface area contributed by atoms with Crippen LogP contribution in [-0.4, -0.2) is 86.0 Å². The summed E-state index contributed by atoms with van der Waals surface area (Å²) in [6, 6.07) is 0. The second kappa shape index (κ2) is 36.3.